The van der Waals surface area contributed by atoms with Crippen LogP contribution in [0.3, 0.4) is 0 Å². The van der Waals surface area contributed by atoms with Crippen LogP contribution >= 0.6 is 0 Å². The number of aromatic nitrogens is 4. The average molecular weight is 309 g/mol. The van der Waals surface area contributed by atoms with Gasteiger partial charge in [-0.15, -0.1) is 0 Å². The molecular weight excluding hydrogens is 290 g/mol. The van der Waals surface area contributed by atoms with Gasteiger partial charge in [-0.1, -0.05) is 12.1 Å². The van der Waals surface area contributed by atoms with Crippen molar-refractivity contribution in [2.24, 2.45) is 0 Å². The molecule has 23 heavy (non-hydrogen) atoms. The Balaban J connectivity index is 1.65. The summed E-state index contributed by atoms with van der Waals surface area (Å²) in [5.41, 5.74) is 2.74. The third-order valence-electron chi connectivity index (χ3n) is 3.87. The largest absolute Gasteiger partial charge is 0.328 e. The molecule has 2 aromatic heterocycles. The molecular formula is C17H19N5O. The van der Waals surface area contributed by atoms with Crippen molar-refractivity contribution in [2.45, 2.75) is 26.3 Å². The molecule has 0 spiro atoms. The van der Waals surface area contributed by atoms with Crippen LogP contribution in [0.1, 0.15) is 30.0 Å². The molecule has 2 N–H and O–H groups in total. The van der Waals surface area contributed by atoms with Crippen molar-refractivity contribution in [2.75, 3.05) is 5.32 Å². The van der Waals surface area contributed by atoms with Crippen LogP contribution in [0.2, 0.25) is 0 Å². The van der Waals surface area contributed by atoms with Crippen LogP contribution in [-0.2, 0) is 11.2 Å². The van der Waals surface area contributed by atoms with Gasteiger partial charge in [0.2, 0.25) is 5.91 Å². The monoisotopic (exact) mass is 309 g/mol. The number of aryl methyl sites for hydroxylation is 1. The molecule has 1 amide bonds. The van der Waals surface area contributed by atoms with Crippen LogP contribution in [0.25, 0.3) is 0 Å². The van der Waals surface area contributed by atoms with E-state index in [4.69, 9.17) is 0 Å². The molecule has 0 fully saturated rings. The van der Waals surface area contributed by atoms with Gasteiger partial charge in [-0.05, 0) is 37.6 Å². The summed E-state index contributed by atoms with van der Waals surface area (Å²) in [6.07, 6.45) is 5.69. The second-order valence-electron chi connectivity index (χ2n) is 5.49. The van der Waals surface area contributed by atoms with Gasteiger partial charge in [0.25, 0.3) is 0 Å². The fourth-order valence-corrected chi connectivity index (χ4v) is 2.56. The number of nitrogens with zero attached hydrogens (tertiary/aromatic N) is 3. The van der Waals surface area contributed by atoms with E-state index in [1.54, 1.807) is 18.5 Å². The van der Waals surface area contributed by atoms with Crippen molar-refractivity contribution in [3.63, 3.8) is 0 Å². The molecule has 1 atom stereocenters. The lowest BCUT2D eigenvalue weighted by Gasteiger charge is -2.16. The molecule has 2 heterocycles. The number of hydrogen-bond donors (Lipinski definition) is 2. The Hall–Kier alpha value is -2.89. The fourth-order valence-electron chi connectivity index (χ4n) is 2.56. The molecule has 3 rings (SSSR count). The normalized spacial score (nSPS) is 12.1. The van der Waals surface area contributed by atoms with Crippen LogP contribution in [0, 0.1) is 6.92 Å². The number of H-pyrrole nitrogens is 1. The van der Waals surface area contributed by atoms with Gasteiger partial charge in [0.15, 0.2) is 0 Å². The number of rotatable bonds is 5. The van der Waals surface area contributed by atoms with Crippen molar-refractivity contribution in [3.05, 3.63) is 66.0 Å². The quantitative estimate of drug-likeness (QED) is 0.761. The van der Waals surface area contributed by atoms with Crippen molar-refractivity contribution in [1.29, 1.82) is 0 Å². The number of nitrogens with one attached hydrogen (secondary N) is 2. The highest BCUT2D eigenvalue weighted by molar-refractivity contribution is 5.91. The maximum atomic E-state index is 12.0. The number of aromatic amines is 1. The Labute approximate surface area is 134 Å². The zero-order valence-electron chi connectivity index (χ0n) is 13.2. The third kappa shape index (κ3) is 3.48. The Kier molecular flexibility index (Phi) is 4.23. The zero-order chi connectivity index (χ0) is 16.2. The summed E-state index contributed by atoms with van der Waals surface area (Å²) in [7, 11) is 0. The summed E-state index contributed by atoms with van der Waals surface area (Å²) in [5.74, 6) is 0.912. The first-order valence-corrected chi connectivity index (χ1v) is 7.51. The van der Waals surface area contributed by atoms with Gasteiger partial charge < -0.3 is 9.88 Å². The lowest BCUT2D eigenvalue weighted by Crippen LogP contribution is -2.14. The smallest absolute Gasteiger partial charge is 0.230 e. The lowest BCUT2D eigenvalue weighted by molar-refractivity contribution is -0.115. The highest BCUT2D eigenvalue weighted by atomic mass is 16.1. The van der Waals surface area contributed by atoms with Crippen LogP contribution in [0.5, 0.6) is 0 Å². The molecule has 0 bridgehead atoms. The van der Waals surface area contributed by atoms with E-state index in [1.165, 1.54) is 0 Å². The first-order valence-electron chi connectivity index (χ1n) is 7.51. The molecule has 0 radical (unpaired) electrons. The number of hydrogen-bond acceptors (Lipinski definition) is 3. The van der Waals surface area contributed by atoms with Gasteiger partial charge in [0.1, 0.15) is 5.82 Å². The standard InChI is InChI=1S/C17H19N5O/c1-12(22-10-9-18-13(22)2)14-3-5-15(6-4-14)20-17(23)11-16-7-8-19-21-16/h3-10,12H,11H2,1-2H3,(H,19,21)(H,20,23)/t12-/m1/s1. The summed E-state index contributed by atoms with van der Waals surface area (Å²) in [5, 5.41) is 9.50. The highest BCUT2D eigenvalue weighted by Crippen LogP contribution is 2.21. The number of imidazole rings is 1. The number of carbonyl (C=O) groups excluding carboxylic acids is 1. The molecule has 1 aromatic carbocycles. The van der Waals surface area contributed by atoms with E-state index in [0.717, 1.165) is 22.8 Å². The number of benzene rings is 1. The minimum Gasteiger partial charge on any atom is -0.328 e. The SMILES string of the molecule is Cc1nccn1[C@H](C)c1ccc(NC(=O)Cc2ccn[nH]2)cc1. The van der Waals surface area contributed by atoms with E-state index in [9.17, 15) is 4.79 Å². The molecule has 0 saturated carbocycles. The Morgan fingerprint density at radius 1 is 1.26 bits per heavy atom. The third-order valence-corrected chi connectivity index (χ3v) is 3.87. The first kappa shape index (κ1) is 15.0. The van der Waals surface area contributed by atoms with E-state index in [0.29, 0.717) is 0 Å². The minimum atomic E-state index is -0.0690. The van der Waals surface area contributed by atoms with Gasteiger partial charge in [-0.25, -0.2) is 4.98 Å². The fraction of sp³-hybridized carbons (Fsp3) is 0.235. The van der Waals surface area contributed by atoms with Gasteiger partial charge >= 0.3 is 0 Å². The first-order chi connectivity index (χ1) is 11.1. The number of anilines is 1. The zero-order valence-corrected chi connectivity index (χ0v) is 13.2. The summed E-state index contributed by atoms with van der Waals surface area (Å²) in [4.78, 5) is 16.2. The minimum absolute atomic E-state index is 0.0690. The Bertz CT molecular complexity index is 774. The van der Waals surface area contributed by atoms with Crippen molar-refractivity contribution < 1.29 is 4.79 Å². The molecule has 0 saturated heterocycles. The van der Waals surface area contributed by atoms with Crippen LogP contribution in [-0.4, -0.2) is 25.7 Å². The Morgan fingerprint density at radius 3 is 2.65 bits per heavy atom. The van der Waals surface area contributed by atoms with Crippen molar-refractivity contribution in [1.82, 2.24) is 19.7 Å². The molecule has 0 aliphatic rings. The maximum Gasteiger partial charge on any atom is 0.230 e. The molecule has 3 aromatic rings. The molecule has 0 aliphatic carbocycles. The molecule has 0 aliphatic heterocycles. The summed E-state index contributed by atoms with van der Waals surface area (Å²) in [6.45, 7) is 4.11. The lowest BCUT2D eigenvalue weighted by atomic mass is 10.1. The van der Waals surface area contributed by atoms with Crippen LogP contribution in [0.4, 0.5) is 5.69 Å². The highest BCUT2D eigenvalue weighted by Gasteiger charge is 2.10. The van der Waals surface area contributed by atoms with E-state index < -0.39 is 0 Å². The molecule has 6 nitrogen and oxygen atoms in total. The van der Waals surface area contributed by atoms with Gasteiger partial charge in [0.05, 0.1) is 12.5 Å². The average Bonchev–Trinajstić information content (AvgIpc) is 3.19. The van der Waals surface area contributed by atoms with Gasteiger partial charge in [0, 0.05) is 30.0 Å². The van der Waals surface area contributed by atoms with Crippen LogP contribution < -0.4 is 5.32 Å². The van der Waals surface area contributed by atoms with E-state index in [2.05, 4.69) is 32.0 Å². The summed E-state index contributed by atoms with van der Waals surface area (Å²) < 4.78 is 2.12. The Morgan fingerprint density at radius 2 is 2.04 bits per heavy atom. The van der Waals surface area contributed by atoms with Crippen molar-refractivity contribution >= 4 is 11.6 Å². The van der Waals surface area contributed by atoms with Gasteiger partial charge in [-0.2, -0.15) is 5.10 Å². The van der Waals surface area contributed by atoms with E-state index in [1.807, 2.05) is 37.4 Å². The maximum absolute atomic E-state index is 12.0. The second-order valence-corrected chi connectivity index (χ2v) is 5.49. The molecule has 6 heteroatoms. The van der Waals surface area contributed by atoms with E-state index >= 15 is 0 Å². The topological polar surface area (TPSA) is 75.6 Å². The predicted molar refractivity (Wildman–Crippen MR) is 88.1 cm³/mol. The predicted octanol–water partition coefficient (Wildman–Crippen LogP) is 2.71. The summed E-state index contributed by atoms with van der Waals surface area (Å²) >= 11 is 0. The number of carbonyl (C=O) groups is 1. The van der Waals surface area contributed by atoms with E-state index in [-0.39, 0.29) is 18.4 Å². The summed E-state index contributed by atoms with van der Waals surface area (Å²) in [6, 6.07) is 9.88. The van der Waals surface area contributed by atoms with Gasteiger partial charge in [-0.3, -0.25) is 9.89 Å². The van der Waals surface area contributed by atoms with Crippen LogP contribution in [0.15, 0.2) is 48.9 Å². The molecule has 118 valence electrons. The van der Waals surface area contributed by atoms with Crippen molar-refractivity contribution in [3.8, 4) is 0 Å². The number of amides is 1. The second kappa shape index (κ2) is 6.48. The molecule has 0 unspecified atom stereocenters.